The lowest BCUT2D eigenvalue weighted by Crippen LogP contribution is -2.14. The van der Waals surface area contributed by atoms with Crippen molar-refractivity contribution in [1.82, 2.24) is 0 Å². The van der Waals surface area contributed by atoms with Gasteiger partial charge in [-0.2, -0.15) is 5.26 Å². The van der Waals surface area contributed by atoms with E-state index < -0.39 is 21.4 Å². The van der Waals surface area contributed by atoms with Crippen molar-refractivity contribution in [1.29, 1.82) is 5.26 Å². The van der Waals surface area contributed by atoms with Crippen LogP contribution in [0.3, 0.4) is 0 Å². The summed E-state index contributed by atoms with van der Waals surface area (Å²) >= 11 is 5.70. The molecule has 0 saturated carbocycles. The van der Waals surface area contributed by atoms with E-state index in [1.807, 2.05) is 0 Å². The second-order valence-electron chi connectivity index (χ2n) is 4.89. The summed E-state index contributed by atoms with van der Waals surface area (Å²) in [5, 5.41) is 33.2. The van der Waals surface area contributed by atoms with Crippen LogP contribution in [0.25, 0.3) is 6.08 Å². The van der Waals surface area contributed by atoms with E-state index >= 15 is 0 Å². The third-order valence-corrected chi connectivity index (χ3v) is 3.42. The number of benzene rings is 2. The van der Waals surface area contributed by atoms with E-state index in [0.29, 0.717) is 5.56 Å². The van der Waals surface area contributed by atoms with Gasteiger partial charge in [0, 0.05) is 23.2 Å². The smallest absolute Gasteiger partial charge is 0.294 e. The van der Waals surface area contributed by atoms with Crippen molar-refractivity contribution in [3.05, 3.63) is 78.9 Å². The van der Waals surface area contributed by atoms with Crippen LogP contribution in [0.2, 0.25) is 5.02 Å². The fourth-order valence-electron chi connectivity index (χ4n) is 1.96. The molecule has 1 amide bonds. The molecule has 0 aliphatic carbocycles. The lowest BCUT2D eigenvalue weighted by Gasteiger charge is -2.05. The molecule has 0 bridgehead atoms. The Morgan fingerprint density at radius 1 is 1.12 bits per heavy atom. The molecule has 0 atom stereocenters. The van der Waals surface area contributed by atoms with Crippen molar-refractivity contribution in [3.8, 4) is 6.07 Å². The summed E-state index contributed by atoms with van der Waals surface area (Å²) in [6, 6.07) is 10.6. The summed E-state index contributed by atoms with van der Waals surface area (Å²) in [4.78, 5) is 32.6. The minimum Gasteiger partial charge on any atom is -0.316 e. The van der Waals surface area contributed by atoms with Crippen LogP contribution in [-0.2, 0) is 4.79 Å². The van der Waals surface area contributed by atoms with Crippen molar-refractivity contribution in [2.24, 2.45) is 0 Å². The summed E-state index contributed by atoms with van der Waals surface area (Å²) in [7, 11) is 0. The van der Waals surface area contributed by atoms with Gasteiger partial charge in [-0.15, -0.1) is 0 Å². The molecule has 0 aliphatic rings. The Balaban J connectivity index is 2.28. The number of nitro benzene ring substituents is 2. The summed E-state index contributed by atoms with van der Waals surface area (Å²) in [5.41, 5.74) is -0.620. The van der Waals surface area contributed by atoms with Crippen molar-refractivity contribution >= 4 is 40.6 Å². The van der Waals surface area contributed by atoms with Crippen LogP contribution in [0.1, 0.15) is 5.56 Å². The van der Waals surface area contributed by atoms with Crippen molar-refractivity contribution in [2.45, 2.75) is 0 Å². The minimum absolute atomic E-state index is 0.116. The van der Waals surface area contributed by atoms with Crippen molar-refractivity contribution in [2.75, 3.05) is 5.32 Å². The van der Waals surface area contributed by atoms with Crippen molar-refractivity contribution < 1.29 is 14.6 Å². The Morgan fingerprint density at radius 3 is 2.31 bits per heavy atom. The van der Waals surface area contributed by atoms with E-state index in [1.165, 1.54) is 42.5 Å². The first-order chi connectivity index (χ1) is 12.3. The lowest BCUT2D eigenvalue weighted by molar-refractivity contribution is -0.384. The van der Waals surface area contributed by atoms with Gasteiger partial charge in [-0.1, -0.05) is 11.6 Å². The normalized spacial score (nSPS) is 10.7. The van der Waals surface area contributed by atoms with Gasteiger partial charge in [-0.3, -0.25) is 25.0 Å². The van der Waals surface area contributed by atoms with Crippen LogP contribution in [0.15, 0.2) is 48.0 Å². The predicted molar refractivity (Wildman–Crippen MR) is 93.4 cm³/mol. The van der Waals surface area contributed by atoms with Gasteiger partial charge in [0.05, 0.1) is 9.85 Å². The molecule has 0 unspecified atom stereocenters. The zero-order valence-electron chi connectivity index (χ0n) is 12.9. The van der Waals surface area contributed by atoms with E-state index in [9.17, 15) is 25.0 Å². The van der Waals surface area contributed by atoms with Crippen LogP contribution in [0.4, 0.5) is 17.1 Å². The minimum atomic E-state index is -0.865. The highest BCUT2D eigenvalue weighted by Crippen LogP contribution is 2.28. The molecule has 130 valence electrons. The Morgan fingerprint density at radius 2 is 1.77 bits per heavy atom. The maximum atomic E-state index is 12.2. The number of nitro groups is 2. The third kappa shape index (κ3) is 4.40. The number of hydrogen-bond donors (Lipinski definition) is 1. The first-order valence-corrected chi connectivity index (χ1v) is 7.31. The molecular formula is C16H9ClN4O5. The summed E-state index contributed by atoms with van der Waals surface area (Å²) in [6.45, 7) is 0. The second kappa shape index (κ2) is 7.87. The van der Waals surface area contributed by atoms with E-state index in [4.69, 9.17) is 16.9 Å². The molecule has 0 aromatic heterocycles. The standard InChI is InChI=1S/C16H9ClN4O5/c17-12-3-6-14(15(8-12)21(25)26)19-16(22)11(9-18)7-10-1-4-13(5-2-10)20(23)24/h1-8H,(H,19,22)/b11-7-. The average Bonchev–Trinajstić information content (AvgIpc) is 2.61. The number of amides is 1. The van der Waals surface area contributed by atoms with Gasteiger partial charge in [0.15, 0.2) is 0 Å². The van der Waals surface area contributed by atoms with E-state index in [0.717, 1.165) is 6.07 Å². The molecule has 10 heteroatoms. The quantitative estimate of drug-likeness (QED) is 0.367. The number of carbonyl (C=O) groups is 1. The van der Waals surface area contributed by atoms with Crippen molar-refractivity contribution in [3.63, 3.8) is 0 Å². The highest BCUT2D eigenvalue weighted by atomic mass is 35.5. The number of non-ortho nitro benzene ring substituents is 1. The molecule has 2 rings (SSSR count). The highest BCUT2D eigenvalue weighted by Gasteiger charge is 2.18. The van der Waals surface area contributed by atoms with E-state index in [-0.39, 0.29) is 22.0 Å². The number of halogens is 1. The zero-order valence-corrected chi connectivity index (χ0v) is 13.6. The first-order valence-electron chi connectivity index (χ1n) is 6.93. The number of anilines is 1. The van der Waals surface area contributed by atoms with Gasteiger partial charge in [0.25, 0.3) is 17.3 Å². The molecule has 0 aliphatic heterocycles. The Kier molecular flexibility index (Phi) is 5.62. The van der Waals surface area contributed by atoms with E-state index in [2.05, 4.69) is 5.32 Å². The molecular weight excluding hydrogens is 364 g/mol. The van der Waals surface area contributed by atoms with Gasteiger partial charge in [-0.25, -0.2) is 0 Å². The summed E-state index contributed by atoms with van der Waals surface area (Å²) in [5.74, 6) is -0.865. The summed E-state index contributed by atoms with van der Waals surface area (Å²) in [6.07, 6.45) is 1.21. The number of nitrogens with zero attached hydrogens (tertiary/aromatic N) is 3. The van der Waals surface area contributed by atoms with Crippen LogP contribution in [0.5, 0.6) is 0 Å². The third-order valence-electron chi connectivity index (χ3n) is 3.18. The van der Waals surface area contributed by atoms with Gasteiger partial charge < -0.3 is 5.32 Å². The van der Waals surface area contributed by atoms with Crippen LogP contribution < -0.4 is 5.32 Å². The maximum absolute atomic E-state index is 12.2. The fourth-order valence-corrected chi connectivity index (χ4v) is 2.13. The second-order valence-corrected chi connectivity index (χ2v) is 5.33. The molecule has 2 aromatic rings. The summed E-state index contributed by atoms with van der Waals surface area (Å²) < 4.78 is 0. The predicted octanol–water partition coefficient (Wildman–Crippen LogP) is 3.70. The van der Waals surface area contributed by atoms with Gasteiger partial charge >= 0.3 is 0 Å². The SMILES string of the molecule is N#C/C(=C/c1ccc([N+](=O)[O-])cc1)C(=O)Nc1ccc(Cl)cc1[N+](=O)[O-]. The largest absolute Gasteiger partial charge is 0.316 e. The van der Waals surface area contributed by atoms with Gasteiger partial charge in [0.2, 0.25) is 0 Å². The van der Waals surface area contributed by atoms with Crippen LogP contribution in [0, 0.1) is 31.6 Å². The monoisotopic (exact) mass is 372 g/mol. The molecule has 0 fully saturated rings. The lowest BCUT2D eigenvalue weighted by atomic mass is 10.1. The topological polar surface area (TPSA) is 139 Å². The molecule has 0 radical (unpaired) electrons. The maximum Gasteiger partial charge on any atom is 0.294 e. The number of carbonyl (C=O) groups excluding carboxylic acids is 1. The number of nitrogens with one attached hydrogen (secondary N) is 1. The number of hydrogen-bond acceptors (Lipinski definition) is 6. The highest BCUT2D eigenvalue weighted by molar-refractivity contribution is 6.31. The Labute approximate surface area is 151 Å². The average molecular weight is 373 g/mol. The molecule has 26 heavy (non-hydrogen) atoms. The Hall–Kier alpha value is -3.77. The number of rotatable bonds is 5. The zero-order chi connectivity index (χ0) is 19.3. The molecule has 2 aromatic carbocycles. The number of nitriles is 1. The Bertz CT molecular complexity index is 964. The van der Waals surface area contributed by atoms with E-state index in [1.54, 1.807) is 6.07 Å². The van der Waals surface area contributed by atoms with Crippen LogP contribution >= 0.6 is 11.6 Å². The van der Waals surface area contributed by atoms with Crippen LogP contribution in [-0.4, -0.2) is 15.8 Å². The molecule has 0 heterocycles. The fraction of sp³-hybridized carbons (Fsp3) is 0. The van der Waals surface area contributed by atoms with Gasteiger partial charge in [0.1, 0.15) is 17.3 Å². The molecule has 1 N–H and O–H groups in total. The van der Waals surface area contributed by atoms with Gasteiger partial charge in [-0.05, 0) is 35.9 Å². The molecule has 0 saturated heterocycles. The molecule has 9 nitrogen and oxygen atoms in total. The molecule has 0 spiro atoms. The first kappa shape index (κ1) is 18.6.